The van der Waals surface area contributed by atoms with Crippen LogP contribution in [0.3, 0.4) is 0 Å². The van der Waals surface area contributed by atoms with Gasteiger partial charge in [0, 0.05) is 25.7 Å². The Hall–Kier alpha value is -0.570. The molecule has 2 rings (SSSR count). The van der Waals surface area contributed by atoms with Gasteiger partial charge in [-0.3, -0.25) is 0 Å². The number of hydrogen-bond acceptors (Lipinski definition) is 2. The van der Waals surface area contributed by atoms with Crippen molar-refractivity contribution in [3.63, 3.8) is 0 Å². The van der Waals surface area contributed by atoms with Crippen LogP contribution in [0.15, 0.2) is 18.2 Å². The lowest BCUT2D eigenvalue weighted by Gasteiger charge is -2.25. The van der Waals surface area contributed by atoms with Gasteiger partial charge in [-0.05, 0) is 19.4 Å². The molecule has 2 N–H and O–H groups in total. The summed E-state index contributed by atoms with van der Waals surface area (Å²) in [6.45, 7) is 7.52. The molecule has 1 aromatic carbocycles. The predicted molar refractivity (Wildman–Crippen MR) is 66.8 cm³/mol. The molecule has 0 aromatic heterocycles. The summed E-state index contributed by atoms with van der Waals surface area (Å²) in [6, 6.07) is 7.26. The van der Waals surface area contributed by atoms with Gasteiger partial charge in [-0.25, -0.2) is 0 Å². The fraction of sp³-hybridized carbons (Fsp3) is 0.500. The Morgan fingerprint density at radius 1 is 1.07 bits per heavy atom. The topological polar surface area (TPSA) is 24.1 Å². The van der Waals surface area contributed by atoms with Crippen molar-refractivity contribution in [2.45, 2.75) is 19.9 Å². The average Bonchev–Trinajstić information content (AvgIpc) is 2.18. The van der Waals surface area contributed by atoms with E-state index in [9.17, 15) is 0 Å². The van der Waals surface area contributed by atoms with Crippen molar-refractivity contribution in [3.05, 3.63) is 34.9 Å². The molecule has 1 saturated heterocycles. The normalized spacial score (nSPS) is 20.8. The lowest BCUT2D eigenvalue weighted by atomic mass is 10.0. The van der Waals surface area contributed by atoms with Crippen LogP contribution in [-0.4, -0.2) is 19.6 Å². The van der Waals surface area contributed by atoms with Crippen LogP contribution in [0, 0.1) is 13.8 Å². The van der Waals surface area contributed by atoms with E-state index in [1.165, 1.54) is 16.7 Å². The minimum absolute atomic E-state index is 0. The first-order valence-corrected chi connectivity index (χ1v) is 5.28. The van der Waals surface area contributed by atoms with Crippen LogP contribution in [-0.2, 0) is 0 Å². The standard InChI is InChI=1S/C12H18N2.ClH/c1-9-5-10(2)7-11(6-9)12-8-13-3-4-14-12;/h5-7,12-14H,3-4,8H2,1-2H3;1H/t12-;/m1./s1. The number of hydrogen-bond donors (Lipinski definition) is 2. The van der Waals surface area contributed by atoms with Crippen molar-refractivity contribution < 1.29 is 0 Å². The van der Waals surface area contributed by atoms with Crippen LogP contribution in [0.25, 0.3) is 0 Å². The molecular weight excluding hydrogens is 208 g/mol. The third-order valence-electron chi connectivity index (χ3n) is 2.69. The molecule has 1 aromatic rings. The first kappa shape index (κ1) is 12.5. The minimum Gasteiger partial charge on any atom is -0.314 e. The quantitative estimate of drug-likeness (QED) is 0.765. The SMILES string of the molecule is Cc1cc(C)cc([C@H]2CNCCN2)c1.Cl. The summed E-state index contributed by atoms with van der Waals surface area (Å²) in [5.74, 6) is 0. The molecule has 84 valence electrons. The first-order chi connectivity index (χ1) is 6.75. The Labute approximate surface area is 97.9 Å². The maximum atomic E-state index is 3.53. The smallest absolute Gasteiger partial charge is 0.0447 e. The second kappa shape index (κ2) is 5.50. The molecule has 0 spiro atoms. The van der Waals surface area contributed by atoms with Gasteiger partial charge in [0.1, 0.15) is 0 Å². The van der Waals surface area contributed by atoms with E-state index in [0.29, 0.717) is 6.04 Å². The van der Waals surface area contributed by atoms with Crippen molar-refractivity contribution in [2.75, 3.05) is 19.6 Å². The van der Waals surface area contributed by atoms with Crippen molar-refractivity contribution in [2.24, 2.45) is 0 Å². The van der Waals surface area contributed by atoms with E-state index in [0.717, 1.165) is 19.6 Å². The Bertz CT molecular complexity index is 299. The zero-order valence-electron chi connectivity index (χ0n) is 9.34. The summed E-state index contributed by atoms with van der Waals surface area (Å²) >= 11 is 0. The van der Waals surface area contributed by atoms with Crippen LogP contribution >= 0.6 is 12.4 Å². The molecule has 1 atom stereocenters. The zero-order chi connectivity index (χ0) is 9.97. The highest BCUT2D eigenvalue weighted by atomic mass is 35.5. The summed E-state index contributed by atoms with van der Waals surface area (Å²) in [4.78, 5) is 0. The summed E-state index contributed by atoms with van der Waals surface area (Å²) in [5.41, 5.74) is 4.12. The number of piperazine rings is 1. The molecule has 0 saturated carbocycles. The molecule has 0 aliphatic carbocycles. The van der Waals surface area contributed by atoms with E-state index in [-0.39, 0.29) is 12.4 Å². The minimum atomic E-state index is 0. The highest BCUT2D eigenvalue weighted by Gasteiger charge is 2.14. The molecule has 0 radical (unpaired) electrons. The average molecular weight is 227 g/mol. The Kier molecular flexibility index (Phi) is 4.58. The van der Waals surface area contributed by atoms with Gasteiger partial charge in [0.2, 0.25) is 0 Å². The Balaban J connectivity index is 0.00000112. The van der Waals surface area contributed by atoms with Crippen LogP contribution in [0.2, 0.25) is 0 Å². The monoisotopic (exact) mass is 226 g/mol. The number of benzene rings is 1. The second-order valence-electron chi connectivity index (χ2n) is 4.13. The highest BCUT2D eigenvalue weighted by Crippen LogP contribution is 2.17. The maximum absolute atomic E-state index is 3.53. The molecule has 1 aliphatic rings. The van der Waals surface area contributed by atoms with Gasteiger partial charge in [0.05, 0.1) is 0 Å². The molecule has 0 bridgehead atoms. The summed E-state index contributed by atoms with van der Waals surface area (Å²) < 4.78 is 0. The van der Waals surface area contributed by atoms with Gasteiger partial charge < -0.3 is 10.6 Å². The van der Waals surface area contributed by atoms with Crippen molar-refractivity contribution in [1.29, 1.82) is 0 Å². The number of nitrogens with one attached hydrogen (secondary N) is 2. The van der Waals surface area contributed by atoms with Crippen molar-refractivity contribution in [1.82, 2.24) is 10.6 Å². The lowest BCUT2D eigenvalue weighted by Crippen LogP contribution is -2.42. The summed E-state index contributed by atoms with van der Waals surface area (Å²) in [5, 5.41) is 6.94. The van der Waals surface area contributed by atoms with Crippen molar-refractivity contribution >= 4 is 12.4 Å². The Morgan fingerprint density at radius 2 is 1.73 bits per heavy atom. The molecule has 1 heterocycles. The Morgan fingerprint density at radius 3 is 2.27 bits per heavy atom. The van der Waals surface area contributed by atoms with Gasteiger partial charge >= 0.3 is 0 Å². The maximum Gasteiger partial charge on any atom is 0.0447 e. The van der Waals surface area contributed by atoms with Gasteiger partial charge in [-0.15, -0.1) is 12.4 Å². The van der Waals surface area contributed by atoms with Gasteiger partial charge in [0.25, 0.3) is 0 Å². The van der Waals surface area contributed by atoms with Gasteiger partial charge in [0.15, 0.2) is 0 Å². The van der Waals surface area contributed by atoms with Crippen LogP contribution in [0.4, 0.5) is 0 Å². The number of aryl methyl sites for hydroxylation is 2. The van der Waals surface area contributed by atoms with Gasteiger partial charge in [-0.1, -0.05) is 29.3 Å². The summed E-state index contributed by atoms with van der Waals surface area (Å²) in [7, 11) is 0. The highest BCUT2D eigenvalue weighted by molar-refractivity contribution is 5.85. The van der Waals surface area contributed by atoms with Gasteiger partial charge in [-0.2, -0.15) is 0 Å². The van der Waals surface area contributed by atoms with E-state index >= 15 is 0 Å². The third kappa shape index (κ3) is 3.20. The molecule has 15 heavy (non-hydrogen) atoms. The van der Waals surface area contributed by atoms with Crippen LogP contribution in [0.1, 0.15) is 22.7 Å². The zero-order valence-corrected chi connectivity index (χ0v) is 10.2. The molecule has 0 amide bonds. The molecule has 2 nitrogen and oxygen atoms in total. The number of halogens is 1. The van der Waals surface area contributed by atoms with E-state index in [4.69, 9.17) is 0 Å². The van der Waals surface area contributed by atoms with E-state index in [1.54, 1.807) is 0 Å². The molecular formula is C12H19ClN2. The number of rotatable bonds is 1. The van der Waals surface area contributed by atoms with Crippen LogP contribution < -0.4 is 10.6 Å². The molecule has 1 fully saturated rings. The first-order valence-electron chi connectivity index (χ1n) is 5.28. The predicted octanol–water partition coefficient (Wildman–Crippen LogP) is 1.96. The van der Waals surface area contributed by atoms with E-state index in [2.05, 4.69) is 42.7 Å². The van der Waals surface area contributed by atoms with Crippen molar-refractivity contribution in [3.8, 4) is 0 Å². The fourth-order valence-electron chi connectivity index (χ4n) is 2.10. The largest absolute Gasteiger partial charge is 0.314 e. The third-order valence-corrected chi connectivity index (χ3v) is 2.69. The van der Waals surface area contributed by atoms with E-state index < -0.39 is 0 Å². The molecule has 3 heteroatoms. The molecule has 0 unspecified atom stereocenters. The summed E-state index contributed by atoms with van der Waals surface area (Å²) in [6.07, 6.45) is 0. The fourth-order valence-corrected chi connectivity index (χ4v) is 2.10. The van der Waals surface area contributed by atoms with E-state index in [1.807, 2.05) is 0 Å². The molecule has 1 aliphatic heterocycles. The van der Waals surface area contributed by atoms with Crippen LogP contribution in [0.5, 0.6) is 0 Å². The second-order valence-corrected chi connectivity index (χ2v) is 4.13. The lowest BCUT2D eigenvalue weighted by molar-refractivity contribution is 0.430.